The van der Waals surface area contributed by atoms with Crippen molar-refractivity contribution >= 4 is 16.9 Å². The second kappa shape index (κ2) is 6.80. The smallest absolute Gasteiger partial charge is 0.240 e. The molecule has 124 valence electrons. The number of rotatable bonds is 5. The number of benzene rings is 2. The van der Waals surface area contributed by atoms with Crippen LogP contribution in [0.25, 0.3) is 11.0 Å². The van der Waals surface area contributed by atoms with E-state index in [1.165, 1.54) is 6.07 Å². The standard InChI is InChI=1S/C18H18FN3O2/c1-12-8-13(6-7-14(12)19)9-20-18(24)10-22-16-5-3-2-4-15(16)21-17(22)11-23/h2-8,23H,9-11H2,1H3,(H,20,24). The zero-order valence-corrected chi connectivity index (χ0v) is 13.3. The van der Waals surface area contributed by atoms with Crippen molar-refractivity contribution in [2.45, 2.75) is 26.6 Å². The highest BCUT2D eigenvalue weighted by Gasteiger charge is 2.12. The first-order valence-corrected chi connectivity index (χ1v) is 7.65. The van der Waals surface area contributed by atoms with E-state index in [9.17, 15) is 14.3 Å². The third-order valence-corrected chi connectivity index (χ3v) is 3.89. The molecular formula is C18H18FN3O2. The lowest BCUT2D eigenvalue weighted by Gasteiger charge is -2.09. The van der Waals surface area contributed by atoms with Crippen LogP contribution in [-0.2, 0) is 24.5 Å². The van der Waals surface area contributed by atoms with Crippen molar-refractivity contribution in [3.63, 3.8) is 0 Å². The van der Waals surface area contributed by atoms with Crippen molar-refractivity contribution in [1.82, 2.24) is 14.9 Å². The summed E-state index contributed by atoms with van der Waals surface area (Å²) in [7, 11) is 0. The number of fused-ring (bicyclic) bond motifs is 1. The number of aliphatic hydroxyl groups excluding tert-OH is 1. The van der Waals surface area contributed by atoms with Crippen LogP contribution in [0.4, 0.5) is 4.39 Å². The number of carbonyl (C=O) groups is 1. The Morgan fingerprint density at radius 2 is 2.08 bits per heavy atom. The van der Waals surface area contributed by atoms with Crippen LogP contribution >= 0.6 is 0 Å². The van der Waals surface area contributed by atoms with Crippen LogP contribution in [0.15, 0.2) is 42.5 Å². The van der Waals surface area contributed by atoms with Crippen LogP contribution in [0.1, 0.15) is 17.0 Å². The monoisotopic (exact) mass is 327 g/mol. The number of amides is 1. The number of hydrogen-bond acceptors (Lipinski definition) is 3. The molecule has 24 heavy (non-hydrogen) atoms. The predicted octanol–water partition coefficient (Wildman–Crippen LogP) is 2.29. The Balaban J connectivity index is 1.72. The highest BCUT2D eigenvalue weighted by atomic mass is 19.1. The van der Waals surface area contributed by atoms with Crippen molar-refractivity contribution < 1.29 is 14.3 Å². The van der Waals surface area contributed by atoms with E-state index in [1.807, 2.05) is 24.3 Å². The Bertz CT molecular complexity index is 889. The molecule has 0 spiro atoms. The Kier molecular flexibility index (Phi) is 4.57. The molecule has 0 aliphatic heterocycles. The second-order valence-electron chi connectivity index (χ2n) is 5.62. The molecule has 5 nitrogen and oxygen atoms in total. The summed E-state index contributed by atoms with van der Waals surface area (Å²) in [4.78, 5) is 16.5. The van der Waals surface area contributed by atoms with E-state index < -0.39 is 0 Å². The summed E-state index contributed by atoms with van der Waals surface area (Å²) in [6.07, 6.45) is 0. The average molecular weight is 327 g/mol. The molecule has 1 amide bonds. The van der Waals surface area contributed by atoms with Crippen LogP contribution in [0.2, 0.25) is 0 Å². The number of para-hydroxylation sites is 2. The zero-order chi connectivity index (χ0) is 17.1. The molecule has 0 aliphatic carbocycles. The first kappa shape index (κ1) is 16.1. The average Bonchev–Trinajstić information content (AvgIpc) is 2.94. The number of aliphatic hydroxyl groups is 1. The van der Waals surface area contributed by atoms with Gasteiger partial charge in [0, 0.05) is 6.54 Å². The van der Waals surface area contributed by atoms with Crippen LogP contribution in [0.3, 0.4) is 0 Å². The van der Waals surface area contributed by atoms with Gasteiger partial charge in [-0.1, -0.05) is 24.3 Å². The van der Waals surface area contributed by atoms with Gasteiger partial charge in [-0.05, 0) is 36.2 Å². The first-order valence-electron chi connectivity index (χ1n) is 7.65. The first-order chi connectivity index (χ1) is 11.6. The van der Waals surface area contributed by atoms with Gasteiger partial charge in [0.15, 0.2) is 0 Å². The van der Waals surface area contributed by atoms with E-state index in [4.69, 9.17) is 0 Å². The third-order valence-electron chi connectivity index (χ3n) is 3.89. The lowest BCUT2D eigenvalue weighted by Crippen LogP contribution is -2.27. The molecule has 0 aliphatic rings. The van der Waals surface area contributed by atoms with Crippen molar-refractivity contribution in [3.05, 3.63) is 65.2 Å². The molecule has 0 fully saturated rings. The van der Waals surface area contributed by atoms with Crippen molar-refractivity contribution in [2.24, 2.45) is 0 Å². The van der Waals surface area contributed by atoms with Gasteiger partial charge in [0.25, 0.3) is 0 Å². The predicted molar refractivity (Wildman–Crippen MR) is 88.6 cm³/mol. The van der Waals surface area contributed by atoms with Crippen molar-refractivity contribution in [3.8, 4) is 0 Å². The summed E-state index contributed by atoms with van der Waals surface area (Å²) in [5.74, 6) is -0.0126. The molecule has 2 aromatic carbocycles. The number of nitrogens with one attached hydrogen (secondary N) is 1. The Labute approximate surface area is 138 Å². The molecule has 0 saturated heterocycles. The van der Waals surface area contributed by atoms with E-state index in [1.54, 1.807) is 23.6 Å². The number of halogens is 1. The quantitative estimate of drug-likeness (QED) is 0.755. The van der Waals surface area contributed by atoms with E-state index in [0.717, 1.165) is 16.6 Å². The number of imidazole rings is 1. The molecule has 0 unspecified atom stereocenters. The van der Waals surface area contributed by atoms with Crippen LogP contribution in [0.5, 0.6) is 0 Å². The second-order valence-corrected chi connectivity index (χ2v) is 5.62. The Morgan fingerprint density at radius 1 is 1.29 bits per heavy atom. The summed E-state index contributed by atoms with van der Waals surface area (Å²) >= 11 is 0. The lowest BCUT2D eigenvalue weighted by atomic mass is 10.1. The minimum absolute atomic E-state index is 0.0661. The van der Waals surface area contributed by atoms with Gasteiger partial charge < -0.3 is 15.0 Å². The minimum atomic E-state index is -0.262. The fourth-order valence-electron chi connectivity index (χ4n) is 2.64. The molecule has 0 saturated carbocycles. The van der Waals surface area contributed by atoms with E-state index in [2.05, 4.69) is 10.3 Å². The Hall–Kier alpha value is -2.73. The summed E-state index contributed by atoms with van der Waals surface area (Å²) in [5, 5.41) is 12.3. The maximum absolute atomic E-state index is 13.3. The normalized spacial score (nSPS) is 11.0. The SMILES string of the molecule is Cc1cc(CNC(=O)Cn2c(CO)nc3ccccc32)ccc1F. The van der Waals surface area contributed by atoms with Gasteiger partial charge in [-0.25, -0.2) is 9.37 Å². The number of aromatic nitrogens is 2. The van der Waals surface area contributed by atoms with Gasteiger partial charge in [-0.15, -0.1) is 0 Å². The summed E-state index contributed by atoms with van der Waals surface area (Å²) < 4.78 is 15.0. The highest BCUT2D eigenvalue weighted by molar-refractivity contribution is 5.81. The lowest BCUT2D eigenvalue weighted by molar-refractivity contribution is -0.121. The van der Waals surface area contributed by atoms with Crippen LogP contribution in [0, 0.1) is 12.7 Å². The van der Waals surface area contributed by atoms with Gasteiger partial charge in [0.2, 0.25) is 5.91 Å². The number of hydrogen-bond donors (Lipinski definition) is 2. The van der Waals surface area contributed by atoms with Gasteiger partial charge in [0.1, 0.15) is 24.8 Å². The van der Waals surface area contributed by atoms with Crippen LogP contribution < -0.4 is 5.32 Å². The van der Waals surface area contributed by atoms with Gasteiger partial charge >= 0.3 is 0 Å². The molecule has 3 aromatic rings. The molecule has 2 N–H and O–H groups in total. The molecule has 0 atom stereocenters. The molecule has 0 bridgehead atoms. The van der Waals surface area contributed by atoms with E-state index in [0.29, 0.717) is 17.9 Å². The van der Waals surface area contributed by atoms with Crippen LogP contribution in [-0.4, -0.2) is 20.6 Å². The number of nitrogens with zero attached hydrogens (tertiary/aromatic N) is 2. The maximum Gasteiger partial charge on any atom is 0.240 e. The number of carbonyl (C=O) groups excluding carboxylic acids is 1. The summed E-state index contributed by atoms with van der Waals surface area (Å²) in [6.45, 7) is 1.84. The fourth-order valence-corrected chi connectivity index (χ4v) is 2.64. The molecular weight excluding hydrogens is 309 g/mol. The molecule has 0 radical (unpaired) electrons. The maximum atomic E-state index is 13.3. The molecule has 6 heteroatoms. The van der Waals surface area contributed by atoms with E-state index >= 15 is 0 Å². The minimum Gasteiger partial charge on any atom is -0.388 e. The summed E-state index contributed by atoms with van der Waals surface area (Å²) in [5.41, 5.74) is 2.92. The van der Waals surface area contributed by atoms with E-state index in [-0.39, 0.29) is 24.9 Å². The van der Waals surface area contributed by atoms with Gasteiger partial charge in [0.05, 0.1) is 11.0 Å². The third kappa shape index (κ3) is 3.28. The zero-order valence-electron chi connectivity index (χ0n) is 13.3. The topological polar surface area (TPSA) is 67.2 Å². The van der Waals surface area contributed by atoms with Gasteiger partial charge in [-0.3, -0.25) is 4.79 Å². The Morgan fingerprint density at radius 3 is 2.83 bits per heavy atom. The fraction of sp³-hybridized carbons (Fsp3) is 0.222. The largest absolute Gasteiger partial charge is 0.388 e. The van der Waals surface area contributed by atoms with Crippen molar-refractivity contribution in [2.75, 3.05) is 0 Å². The number of aryl methyl sites for hydroxylation is 1. The molecule has 1 aromatic heterocycles. The molecule has 3 rings (SSSR count). The van der Waals surface area contributed by atoms with Crippen molar-refractivity contribution in [1.29, 1.82) is 0 Å². The van der Waals surface area contributed by atoms with Gasteiger partial charge in [-0.2, -0.15) is 0 Å². The highest BCUT2D eigenvalue weighted by Crippen LogP contribution is 2.16. The molecule has 1 heterocycles. The summed E-state index contributed by atoms with van der Waals surface area (Å²) in [6, 6.07) is 12.2.